The van der Waals surface area contributed by atoms with Gasteiger partial charge in [-0.2, -0.15) is 9.97 Å². The lowest BCUT2D eigenvalue weighted by Crippen LogP contribution is -2.32. The lowest BCUT2D eigenvalue weighted by molar-refractivity contribution is -0.184. The van der Waals surface area contributed by atoms with Gasteiger partial charge in [0, 0.05) is 6.42 Å². The fraction of sp³-hybridized carbons (Fsp3) is 0.696. The van der Waals surface area contributed by atoms with E-state index in [4.69, 9.17) is 38.3 Å². The van der Waals surface area contributed by atoms with Gasteiger partial charge >= 0.3 is 20.1 Å². The quantitative estimate of drug-likeness (QED) is 0.172. The minimum absolute atomic E-state index is 0.0745. The molecule has 3 heterocycles. The number of aromatic nitrogens is 4. The van der Waals surface area contributed by atoms with Crippen molar-refractivity contribution in [3.8, 4) is 5.88 Å². The van der Waals surface area contributed by atoms with Crippen molar-refractivity contribution in [3.63, 3.8) is 0 Å². The zero-order valence-electron chi connectivity index (χ0n) is 24.4. The highest BCUT2D eigenvalue weighted by molar-refractivity contribution is 7.48. The smallest absolute Gasteiger partial charge is 0.476 e. The number of carbonyl (C=O) groups excluding carboxylic acids is 2. The van der Waals surface area contributed by atoms with Crippen molar-refractivity contribution in [2.45, 2.75) is 77.9 Å². The molecule has 1 aliphatic rings. The molecular formula is C23H35FN5O13P. The van der Waals surface area contributed by atoms with Crippen LogP contribution in [0.4, 0.5) is 19.9 Å². The topological polar surface area (TPSA) is 224 Å². The van der Waals surface area contributed by atoms with Crippen molar-refractivity contribution in [2.75, 3.05) is 32.5 Å². The van der Waals surface area contributed by atoms with E-state index in [1.54, 1.807) is 34.6 Å². The number of halogens is 1. The van der Waals surface area contributed by atoms with Crippen LogP contribution < -0.4 is 10.5 Å². The Labute approximate surface area is 245 Å². The number of nitrogens with zero attached hydrogens (tertiary/aromatic N) is 4. The van der Waals surface area contributed by atoms with Crippen LogP contribution in [0.3, 0.4) is 0 Å². The van der Waals surface area contributed by atoms with E-state index < -0.39 is 76.6 Å². The van der Waals surface area contributed by atoms with Crippen LogP contribution in [0.5, 0.6) is 5.88 Å². The zero-order chi connectivity index (χ0) is 32.0. The Kier molecular flexibility index (Phi) is 11.1. The van der Waals surface area contributed by atoms with Crippen LogP contribution in [0.2, 0.25) is 0 Å². The molecule has 0 spiro atoms. The predicted molar refractivity (Wildman–Crippen MR) is 141 cm³/mol. The molecule has 3 atom stereocenters. The summed E-state index contributed by atoms with van der Waals surface area (Å²) in [5.41, 5.74) is 4.16. The molecule has 3 rings (SSSR count). The van der Waals surface area contributed by atoms with Gasteiger partial charge in [-0.05, 0) is 41.5 Å². The first-order valence-electron chi connectivity index (χ1n) is 13.0. The molecular weight excluding hydrogens is 604 g/mol. The van der Waals surface area contributed by atoms with Gasteiger partial charge in [0.15, 0.2) is 17.4 Å². The normalized spacial score (nSPS) is 22.2. The van der Waals surface area contributed by atoms with Gasteiger partial charge in [-0.15, -0.1) is 0 Å². The Morgan fingerprint density at radius 1 is 1.14 bits per heavy atom. The summed E-state index contributed by atoms with van der Waals surface area (Å²) in [6, 6.07) is 0. The molecule has 18 nitrogen and oxygen atoms in total. The molecule has 1 saturated heterocycles. The van der Waals surface area contributed by atoms with Gasteiger partial charge in [-0.25, -0.2) is 32.6 Å². The van der Waals surface area contributed by atoms with Crippen LogP contribution in [0, 0.1) is 0 Å². The van der Waals surface area contributed by atoms with E-state index in [1.807, 2.05) is 0 Å². The summed E-state index contributed by atoms with van der Waals surface area (Å²) in [6.45, 7) is 6.35. The molecule has 0 saturated carbocycles. The number of imidazole rings is 1. The summed E-state index contributed by atoms with van der Waals surface area (Å²) in [6.07, 6.45) is -4.28. The van der Waals surface area contributed by atoms with Crippen molar-refractivity contribution in [1.29, 1.82) is 0 Å². The van der Waals surface area contributed by atoms with Crippen LogP contribution in [0.15, 0.2) is 6.33 Å². The number of aliphatic hydroxyl groups is 1. The fourth-order valence-electron chi connectivity index (χ4n) is 3.77. The highest BCUT2D eigenvalue weighted by atomic mass is 31.2. The number of anilines is 1. The molecule has 3 N–H and O–H groups in total. The molecule has 2 aromatic rings. The summed E-state index contributed by atoms with van der Waals surface area (Å²) in [5.74, 6) is -2.88. The first-order chi connectivity index (χ1) is 20.1. The van der Waals surface area contributed by atoms with Crippen molar-refractivity contribution in [3.05, 3.63) is 6.33 Å². The number of hydrogen-bond acceptors (Lipinski definition) is 17. The Hall–Kier alpha value is -3.35. The summed E-state index contributed by atoms with van der Waals surface area (Å²) in [5, 5.41) is 11.1. The highest BCUT2D eigenvalue weighted by Gasteiger charge is 2.56. The molecule has 3 unspecified atom stereocenters. The molecule has 1 aliphatic heterocycles. The number of carbonyl (C=O) groups is 2. The fourth-order valence-corrected chi connectivity index (χ4v) is 4.70. The molecule has 0 radical (unpaired) electrons. The van der Waals surface area contributed by atoms with Gasteiger partial charge in [-0.1, -0.05) is 0 Å². The lowest BCUT2D eigenvalue weighted by Gasteiger charge is -2.24. The van der Waals surface area contributed by atoms with Gasteiger partial charge in [0.25, 0.3) is 0 Å². The monoisotopic (exact) mass is 639 g/mol. The van der Waals surface area contributed by atoms with E-state index in [9.17, 15) is 19.3 Å². The second kappa shape index (κ2) is 14.0. The first-order valence-corrected chi connectivity index (χ1v) is 14.4. The Morgan fingerprint density at radius 2 is 1.72 bits per heavy atom. The van der Waals surface area contributed by atoms with Gasteiger partial charge in [0.1, 0.15) is 12.2 Å². The van der Waals surface area contributed by atoms with Crippen LogP contribution in [0.25, 0.3) is 11.2 Å². The molecule has 20 heteroatoms. The molecule has 242 valence electrons. The maximum absolute atomic E-state index is 16.0. The minimum Gasteiger partial charge on any atom is -0.476 e. The largest absolute Gasteiger partial charge is 0.510 e. The van der Waals surface area contributed by atoms with Gasteiger partial charge < -0.3 is 39.3 Å². The van der Waals surface area contributed by atoms with Crippen molar-refractivity contribution in [2.24, 2.45) is 0 Å². The van der Waals surface area contributed by atoms with Crippen LogP contribution >= 0.6 is 7.82 Å². The summed E-state index contributed by atoms with van der Waals surface area (Å²) in [4.78, 5) is 35.5. The molecule has 1 fully saturated rings. The SMILES string of the molecule is CCOc1nc(N)nc2c1ncn2C1OC(F)(COP(=O)(OCOC(=O)OC(C)C)OCOC(=O)OC(C)C)CC1(C)O. The molecule has 0 bridgehead atoms. The van der Waals surface area contributed by atoms with Crippen molar-refractivity contribution < 1.29 is 65.6 Å². The van der Waals surface area contributed by atoms with E-state index in [-0.39, 0.29) is 29.6 Å². The van der Waals surface area contributed by atoms with E-state index in [1.165, 1.54) is 17.8 Å². The standard InChI is InChI=1S/C23H35FN5O13P/c1-7-34-17-15-16(27-19(25)28-17)29(10-26-15)18-22(6,32)8-23(24,42-18)9-37-43(33,38-11-35-20(30)40-13(2)3)39-12-36-21(31)41-14(4)5/h10,13-14,18,32H,7-9,11-12H2,1-6H3,(H2,25,27,28). The Balaban J connectivity index is 1.75. The first kappa shape index (κ1) is 34.1. The average molecular weight is 640 g/mol. The Morgan fingerprint density at radius 3 is 2.26 bits per heavy atom. The van der Waals surface area contributed by atoms with Crippen LogP contribution in [-0.2, 0) is 41.8 Å². The third-order valence-corrected chi connectivity index (χ3v) is 6.58. The number of rotatable bonds is 14. The van der Waals surface area contributed by atoms with Crippen molar-refractivity contribution >= 4 is 37.2 Å². The van der Waals surface area contributed by atoms with E-state index in [0.29, 0.717) is 0 Å². The van der Waals surface area contributed by atoms with Crippen LogP contribution in [0.1, 0.15) is 54.2 Å². The highest BCUT2D eigenvalue weighted by Crippen LogP contribution is 2.53. The molecule has 0 amide bonds. The van der Waals surface area contributed by atoms with Gasteiger partial charge in [-0.3, -0.25) is 9.09 Å². The number of nitrogen functional groups attached to an aromatic ring is 1. The maximum atomic E-state index is 16.0. The summed E-state index contributed by atoms with van der Waals surface area (Å²) < 4.78 is 75.2. The number of phosphoric acid groups is 1. The lowest BCUT2D eigenvalue weighted by atomic mass is 9.99. The third kappa shape index (κ3) is 9.32. The molecule has 43 heavy (non-hydrogen) atoms. The second-order valence-corrected chi connectivity index (χ2v) is 11.5. The number of nitrogens with two attached hydrogens (primary N) is 1. The predicted octanol–water partition coefficient (Wildman–Crippen LogP) is 3.34. The second-order valence-electron chi connectivity index (χ2n) is 9.87. The summed E-state index contributed by atoms with van der Waals surface area (Å²) in [7, 11) is -4.82. The Bertz CT molecular complexity index is 1290. The van der Waals surface area contributed by atoms with Gasteiger partial charge in [0.2, 0.25) is 31.3 Å². The van der Waals surface area contributed by atoms with E-state index in [2.05, 4.69) is 24.4 Å². The minimum atomic E-state index is -4.82. The van der Waals surface area contributed by atoms with Crippen LogP contribution in [-0.4, -0.2) is 87.4 Å². The van der Waals surface area contributed by atoms with E-state index in [0.717, 1.165) is 0 Å². The summed E-state index contributed by atoms with van der Waals surface area (Å²) >= 11 is 0. The number of ether oxygens (including phenoxy) is 6. The molecule has 0 aliphatic carbocycles. The van der Waals surface area contributed by atoms with Gasteiger partial charge in [0.05, 0.1) is 25.1 Å². The average Bonchev–Trinajstić information content (AvgIpc) is 3.39. The molecule has 2 aromatic heterocycles. The maximum Gasteiger partial charge on any atom is 0.510 e. The third-order valence-electron chi connectivity index (χ3n) is 5.29. The number of fused-ring (bicyclic) bond motifs is 1. The van der Waals surface area contributed by atoms with Crippen molar-refractivity contribution in [1.82, 2.24) is 19.5 Å². The zero-order valence-corrected chi connectivity index (χ0v) is 25.3. The number of phosphoric ester groups is 1. The van der Waals surface area contributed by atoms with E-state index >= 15 is 4.39 Å². The number of hydrogen-bond donors (Lipinski definition) is 2. The number of alkyl halides is 1. The molecule has 0 aromatic carbocycles.